The first-order valence-electron chi connectivity index (χ1n) is 25.1. The van der Waals surface area contributed by atoms with Gasteiger partial charge < -0.3 is 33.3 Å². The molecular weight excluding hydrogens is 783 g/mol. The van der Waals surface area contributed by atoms with Crippen LogP contribution in [-0.2, 0) is 38.0 Å². The second-order valence-electron chi connectivity index (χ2n) is 16.2. The van der Waals surface area contributed by atoms with Crippen LogP contribution in [-0.4, -0.2) is 88.6 Å². The van der Waals surface area contributed by atoms with E-state index in [4.69, 9.17) is 28.4 Å². The maximum absolute atomic E-state index is 13.0. The number of hydrogen-bond donors (Lipinski definition) is 0. The van der Waals surface area contributed by atoms with E-state index in [0.29, 0.717) is 32.5 Å². The number of esters is 2. The van der Waals surface area contributed by atoms with Gasteiger partial charge in [-0.3, -0.25) is 9.59 Å². The molecule has 0 fully saturated rings. The summed E-state index contributed by atoms with van der Waals surface area (Å²) >= 11 is 0. The predicted molar refractivity (Wildman–Crippen MR) is 255 cm³/mol. The lowest BCUT2D eigenvalue weighted by atomic mass is 10.1. The van der Waals surface area contributed by atoms with Gasteiger partial charge in [-0.2, -0.15) is 0 Å². The molecule has 0 saturated carbocycles. The van der Waals surface area contributed by atoms with E-state index in [9.17, 15) is 14.4 Å². The van der Waals surface area contributed by atoms with Crippen molar-refractivity contribution < 1.29 is 42.8 Å². The van der Waals surface area contributed by atoms with E-state index in [0.717, 1.165) is 129 Å². The van der Waals surface area contributed by atoms with E-state index in [1.807, 2.05) is 0 Å². The molecule has 62 heavy (non-hydrogen) atoms. The molecule has 0 N–H and O–H groups in total. The van der Waals surface area contributed by atoms with Crippen molar-refractivity contribution in [3.8, 4) is 0 Å². The summed E-state index contributed by atoms with van der Waals surface area (Å²) in [7, 11) is 0. The topological polar surface area (TPSA) is 110 Å². The molecule has 0 amide bonds. The normalized spacial score (nSPS) is 12.5. The van der Waals surface area contributed by atoms with Gasteiger partial charge in [-0.05, 0) is 109 Å². The third-order valence-electron chi connectivity index (χ3n) is 10.5. The fourth-order valence-electron chi connectivity index (χ4n) is 6.53. The van der Waals surface area contributed by atoms with Crippen molar-refractivity contribution in [1.82, 2.24) is 4.90 Å². The first-order chi connectivity index (χ1) is 30.4. The Morgan fingerprint density at radius 3 is 1.50 bits per heavy atom. The minimum atomic E-state index is -0.788. The zero-order chi connectivity index (χ0) is 45.4. The Hall–Kier alpha value is -2.95. The molecule has 360 valence electrons. The van der Waals surface area contributed by atoms with Gasteiger partial charge in [0.25, 0.3) is 0 Å². The molecule has 0 aromatic rings. The first kappa shape index (κ1) is 59.0. The fraction of sp³-hybridized carbons (Fsp3) is 0.788. The largest absolute Gasteiger partial charge is 0.508 e. The van der Waals surface area contributed by atoms with E-state index in [1.54, 1.807) is 0 Å². The molecule has 0 aliphatic carbocycles. The van der Waals surface area contributed by atoms with E-state index in [-0.39, 0.29) is 38.8 Å². The van der Waals surface area contributed by atoms with Crippen molar-refractivity contribution in [1.29, 1.82) is 0 Å². The molecule has 0 saturated heterocycles. The highest BCUT2D eigenvalue weighted by Gasteiger charge is 2.20. The smallest absolute Gasteiger partial charge is 0.465 e. The van der Waals surface area contributed by atoms with Crippen molar-refractivity contribution in [2.45, 2.75) is 201 Å². The molecule has 0 rings (SSSR count). The summed E-state index contributed by atoms with van der Waals surface area (Å²) in [5.41, 5.74) is 0. The number of rotatable bonds is 45. The van der Waals surface area contributed by atoms with Crippen LogP contribution in [0.5, 0.6) is 0 Å². The maximum Gasteiger partial charge on any atom is 0.508 e. The molecule has 0 aromatic carbocycles. The molecule has 0 radical (unpaired) electrons. The molecule has 0 aromatic heterocycles. The molecule has 0 bridgehead atoms. The van der Waals surface area contributed by atoms with Gasteiger partial charge >= 0.3 is 18.1 Å². The van der Waals surface area contributed by atoms with Gasteiger partial charge in [0.1, 0.15) is 19.8 Å². The first-order valence-corrected chi connectivity index (χ1v) is 25.1. The van der Waals surface area contributed by atoms with Crippen molar-refractivity contribution >= 4 is 18.1 Å². The van der Waals surface area contributed by atoms with Crippen LogP contribution in [0, 0.1) is 5.92 Å². The molecular formula is C52H93NO9. The SMILES string of the molecule is CC/C=C\CCCCCOC(CCC(=O)OCC(COC(=O)CCCCCCC/C=C\C/C=C\CCCCC)COC(=O)OCCCN(CC)CC)OCCCCC/C=C\CC. The number of carbonyl (C=O) groups excluding carboxylic acids is 3. The molecule has 0 heterocycles. The van der Waals surface area contributed by atoms with E-state index in [1.165, 1.54) is 25.7 Å². The zero-order valence-electron chi connectivity index (χ0n) is 40.4. The minimum absolute atomic E-state index is 0.0288. The number of unbranched alkanes of at least 4 members (excludes halogenated alkanes) is 14. The number of ether oxygens (including phenoxy) is 6. The summed E-state index contributed by atoms with van der Waals surface area (Å²) in [6, 6.07) is 0. The van der Waals surface area contributed by atoms with Gasteiger partial charge in [0, 0.05) is 32.6 Å². The second kappa shape index (κ2) is 47.5. The molecule has 1 unspecified atom stereocenters. The van der Waals surface area contributed by atoms with Crippen LogP contribution in [0.1, 0.15) is 195 Å². The summed E-state index contributed by atoms with van der Waals surface area (Å²) in [6.07, 6.45) is 40.9. The van der Waals surface area contributed by atoms with Crippen LogP contribution in [0.15, 0.2) is 48.6 Å². The van der Waals surface area contributed by atoms with Crippen molar-refractivity contribution in [3.05, 3.63) is 48.6 Å². The monoisotopic (exact) mass is 876 g/mol. The molecule has 0 aliphatic heterocycles. The van der Waals surface area contributed by atoms with Gasteiger partial charge in [0.05, 0.1) is 18.9 Å². The van der Waals surface area contributed by atoms with Crippen LogP contribution in [0.3, 0.4) is 0 Å². The lowest BCUT2D eigenvalue weighted by Crippen LogP contribution is -2.28. The number of nitrogens with zero attached hydrogens (tertiary/aromatic N) is 1. The fourth-order valence-corrected chi connectivity index (χ4v) is 6.53. The van der Waals surface area contributed by atoms with E-state index in [2.05, 4.69) is 88.1 Å². The van der Waals surface area contributed by atoms with Gasteiger partial charge in [0.2, 0.25) is 0 Å². The Kier molecular flexibility index (Phi) is 45.3. The lowest BCUT2D eigenvalue weighted by molar-refractivity contribution is -0.161. The van der Waals surface area contributed by atoms with Gasteiger partial charge in [0.15, 0.2) is 6.29 Å². The van der Waals surface area contributed by atoms with E-state index < -0.39 is 24.3 Å². The predicted octanol–water partition coefficient (Wildman–Crippen LogP) is 13.6. The highest BCUT2D eigenvalue weighted by molar-refractivity contribution is 5.69. The minimum Gasteiger partial charge on any atom is -0.465 e. The van der Waals surface area contributed by atoms with Gasteiger partial charge in [-0.1, -0.05) is 128 Å². The van der Waals surface area contributed by atoms with Gasteiger partial charge in [-0.25, -0.2) is 4.79 Å². The molecule has 10 heteroatoms. The average Bonchev–Trinajstić information content (AvgIpc) is 3.28. The lowest BCUT2D eigenvalue weighted by Gasteiger charge is -2.20. The Balaban J connectivity index is 4.91. The Morgan fingerprint density at radius 2 is 0.952 bits per heavy atom. The third kappa shape index (κ3) is 42.4. The molecule has 1 atom stereocenters. The third-order valence-corrected chi connectivity index (χ3v) is 10.5. The quantitative estimate of drug-likeness (QED) is 0.0193. The van der Waals surface area contributed by atoms with Crippen LogP contribution in [0.25, 0.3) is 0 Å². The molecule has 0 spiro atoms. The van der Waals surface area contributed by atoms with Crippen LogP contribution in [0.4, 0.5) is 4.79 Å². The summed E-state index contributed by atoms with van der Waals surface area (Å²) in [5, 5.41) is 0. The van der Waals surface area contributed by atoms with Crippen molar-refractivity contribution in [3.63, 3.8) is 0 Å². The highest BCUT2D eigenvalue weighted by atomic mass is 16.7. The van der Waals surface area contributed by atoms with Crippen molar-refractivity contribution in [2.24, 2.45) is 5.92 Å². The standard InChI is InChI=1S/C52H93NO9/c1-6-11-14-17-20-21-22-23-24-25-26-27-28-31-34-38-49(54)60-45-48(47-62-52(56)59-44-37-41-53(9-4)10-5)46-61-50(55)39-40-51(57-42-35-32-29-18-15-12-7-2)58-43-36-33-30-19-16-13-8-3/h12-13,15-16,20-21,23-24,48,51H,6-11,14,17-19,22,25-47H2,1-5H3/b15-12-,16-13-,21-20-,24-23-. The van der Waals surface area contributed by atoms with Crippen LogP contribution < -0.4 is 0 Å². The number of hydrogen-bond acceptors (Lipinski definition) is 10. The highest BCUT2D eigenvalue weighted by Crippen LogP contribution is 2.13. The zero-order valence-corrected chi connectivity index (χ0v) is 40.4. The maximum atomic E-state index is 13.0. The number of carbonyl (C=O) groups is 3. The summed E-state index contributed by atoms with van der Waals surface area (Å²) in [6.45, 7) is 14.6. The molecule has 10 nitrogen and oxygen atoms in total. The van der Waals surface area contributed by atoms with Crippen molar-refractivity contribution in [2.75, 3.05) is 59.3 Å². The Morgan fingerprint density at radius 1 is 0.468 bits per heavy atom. The molecule has 0 aliphatic rings. The second-order valence-corrected chi connectivity index (χ2v) is 16.2. The average molecular weight is 876 g/mol. The summed E-state index contributed by atoms with van der Waals surface area (Å²) in [4.78, 5) is 40.3. The summed E-state index contributed by atoms with van der Waals surface area (Å²) < 4.78 is 34.1. The Bertz CT molecular complexity index is 1110. The summed E-state index contributed by atoms with van der Waals surface area (Å²) in [5.74, 6) is -1.25. The Labute approximate surface area is 380 Å². The van der Waals surface area contributed by atoms with E-state index >= 15 is 0 Å². The van der Waals surface area contributed by atoms with Gasteiger partial charge in [-0.15, -0.1) is 0 Å². The van der Waals surface area contributed by atoms with Crippen LogP contribution >= 0.6 is 0 Å². The number of allylic oxidation sites excluding steroid dienone is 8. The van der Waals surface area contributed by atoms with Crippen LogP contribution in [0.2, 0.25) is 0 Å².